The van der Waals surface area contributed by atoms with Gasteiger partial charge in [-0.3, -0.25) is 9.78 Å². The lowest BCUT2D eigenvalue weighted by Crippen LogP contribution is -2.44. The molecule has 0 spiro atoms. The van der Waals surface area contributed by atoms with Gasteiger partial charge < -0.3 is 14.8 Å². The van der Waals surface area contributed by atoms with Gasteiger partial charge in [-0.15, -0.1) is 0 Å². The number of methoxy groups -OCH3 is 1. The van der Waals surface area contributed by atoms with Gasteiger partial charge in [0.1, 0.15) is 6.04 Å². The smallest absolute Gasteiger partial charge is 0.338 e. The quantitative estimate of drug-likeness (QED) is 0.758. The molecule has 0 saturated heterocycles. The monoisotopic (exact) mass is 342 g/mol. The molecule has 25 heavy (non-hydrogen) atoms. The second kappa shape index (κ2) is 9.17. The second-order valence-corrected chi connectivity index (χ2v) is 5.15. The average molecular weight is 342 g/mol. The van der Waals surface area contributed by atoms with E-state index in [-0.39, 0.29) is 12.0 Å². The molecule has 130 valence electrons. The van der Waals surface area contributed by atoms with E-state index in [1.54, 1.807) is 0 Å². The van der Waals surface area contributed by atoms with Crippen LogP contribution in [0.15, 0.2) is 54.9 Å². The molecule has 0 aliphatic rings. The van der Waals surface area contributed by atoms with Crippen molar-refractivity contribution in [2.75, 3.05) is 13.7 Å². The highest BCUT2D eigenvalue weighted by Gasteiger charge is 2.22. The largest absolute Gasteiger partial charge is 0.467 e. The number of hydrogen-bond donors (Lipinski definition) is 1. The van der Waals surface area contributed by atoms with Gasteiger partial charge in [-0.05, 0) is 17.7 Å². The van der Waals surface area contributed by atoms with Crippen molar-refractivity contribution in [2.24, 2.45) is 0 Å². The summed E-state index contributed by atoms with van der Waals surface area (Å²) in [4.78, 5) is 39.4. The minimum absolute atomic E-state index is 0.275. The molecule has 1 aromatic carbocycles. The van der Waals surface area contributed by atoms with Crippen LogP contribution in [0, 0.1) is 0 Å². The van der Waals surface area contributed by atoms with Crippen LogP contribution in [-0.2, 0) is 25.5 Å². The van der Waals surface area contributed by atoms with Gasteiger partial charge in [0.15, 0.2) is 6.61 Å². The highest BCUT2D eigenvalue weighted by atomic mass is 16.5. The molecule has 1 atom stereocenters. The zero-order chi connectivity index (χ0) is 18.1. The summed E-state index contributed by atoms with van der Waals surface area (Å²) in [6.45, 7) is -0.497. The van der Waals surface area contributed by atoms with Gasteiger partial charge in [-0.25, -0.2) is 9.59 Å². The van der Waals surface area contributed by atoms with Crippen LogP contribution in [0.4, 0.5) is 0 Å². The third-order valence-corrected chi connectivity index (χ3v) is 3.35. The normalized spacial score (nSPS) is 11.2. The number of carbonyl (C=O) groups excluding carboxylic acids is 3. The molecule has 1 aromatic heterocycles. The Morgan fingerprint density at radius 3 is 2.40 bits per heavy atom. The number of nitrogens with one attached hydrogen (secondary N) is 1. The summed E-state index contributed by atoms with van der Waals surface area (Å²) in [6.07, 6.45) is 3.17. The van der Waals surface area contributed by atoms with Gasteiger partial charge in [0.25, 0.3) is 5.91 Å². The zero-order valence-electron chi connectivity index (χ0n) is 13.7. The Balaban J connectivity index is 1.90. The Kier molecular flexibility index (Phi) is 6.65. The average Bonchev–Trinajstić information content (AvgIpc) is 2.66. The maximum atomic E-state index is 12.0. The number of amides is 1. The van der Waals surface area contributed by atoms with E-state index in [0.29, 0.717) is 0 Å². The van der Waals surface area contributed by atoms with Crippen molar-refractivity contribution in [3.63, 3.8) is 0 Å². The molecule has 0 fully saturated rings. The van der Waals surface area contributed by atoms with Crippen LogP contribution in [0.3, 0.4) is 0 Å². The van der Waals surface area contributed by atoms with Crippen LogP contribution >= 0.6 is 0 Å². The number of ether oxygens (including phenoxy) is 2. The molecule has 0 saturated carbocycles. The lowest BCUT2D eigenvalue weighted by molar-refractivity contribution is -0.145. The first-order valence-electron chi connectivity index (χ1n) is 7.58. The lowest BCUT2D eigenvalue weighted by atomic mass is 10.1. The SMILES string of the molecule is COC(=O)[C@H](Cc1ccccc1)NC(=O)COC(=O)c1ccncc1. The van der Waals surface area contributed by atoms with E-state index in [1.165, 1.54) is 31.6 Å². The summed E-state index contributed by atoms with van der Waals surface area (Å²) in [5.41, 5.74) is 1.16. The van der Waals surface area contributed by atoms with Gasteiger partial charge in [0, 0.05) is 18.8 Å². The fourth-order valence-corrected chi connectivity index (χ4v) is 2.12. The first kappa shape index (κ1) is 18.1. The molecule has 1 amide bonds. The van der Waals surface area contributed by atoms with Crippen molar-refractivity contribution < 1.29 is 23.9 Å². The van der Waals surface area contributed by atoms with E-state index in [0.717, 1.165) is 5.56 Å². The number of carbonyl (C=O) groups is 3. The van der Waals surface area contributed by atoms with Crippen LogP contribution in [-0.4, -0.2) is 42.6 Å². The van der Waals surface area contributed by atoms with Crippen molar-refractivity contribution in [3.05, 3.63) is 66.0 Å². The van der Waals surface area contributed by atoms with Crippen LogP contribution < -0.4 is 5.32 Å². The van der Waals surface area contributed by atoms with E-state index in [4.69, 9.17) is 9.47 Å². The number of pyridine rings is 1. The van der Waals surface area contributed by atoms with Crippen molar-refractivity contribution in [1.82, 2.24) is 10.3 Å². The summed E-state index contributed by atoms with van der Waals surface area (Å²) < 4.78 is 9.64. The van der Waals surface area contributed by atoms with Crippen molar-refractivity contribution in [3.8, 4) is 0 Å². The first-order chi connectivity index (χ1) is 12.1. The number of nitrogens with zero attached hydrogens (tertiary/aromatic N) is 1. The molecule has 0 radical (unpaired) electrons. The second-order valence-electron chi connectivity index (χ2n) is 5.15. The summed E-state index contributed by atoms with van der Waals surface area (Å²) in [6, 6.07) is 11.3. The van der Waals surface area contributed by atoms with E-state index in [9.17, 15) is 14.4 Å². The third kappa shape index (κ3) is 5.72. The molecule has 2 rings (SSSR count). The number of hydrogen-bond acceptors (Lipinski definition) is 6. The predicted octanol–water partition coefficient (Wildman–Crippen LogP) is 1.14. The van der Waals surface area contributed by atoms with Gasteiger partial charge in [0.05, 0.1) is 12.7 Å². The number of benzene rings is 1. The van der Waals surface area contributed by atoms with Gasteiger partial charge >= 0.3 is 11.9 Å². The molecule has 7 nitrogen and oxygen atoms in total. The topological polar surface area (TPSA) is 94.6 Å². The molecule has 0 bridgehead atoms. The Morgan fingerprint density at radius 2 is 1.76 bits per heavy atom. The fraction of sp³-hybridized carbons (Fsp3) is 0.222. The van der Waals surface area contributed by atoms with Crippen LogP contribution in [0.2, 0.25) is 0 Å². The summed E-state index contributed by atoms with van der Waals surface area (Å²) in [5.74, 6) is -1.80. The molecule has 0 unspecified atom stereocenters. The van der Waals surface area contributed by atoms with Crippen LogP contribution in [0.5, 0.6) is 0 Å². The van der Waals surface area contributed by atoms with Gasteiger partial charge in [-0.1, -0.05) is 30.3 Å². The maximum Gasteiger partial charge on any atom is 0.338 e. The Bertz CT molecular complexity index is 719. The minimum Gasteiger partial charge on any atom is -0.467 e. The Morgan fingerprint density at radius 1 is 1.08 bits per heavy atom. The predicted molar refractivity (Wildman–Crippen MR) is 88.6 cm³/mol. The molecule has 7 heteroatoms. The Hall–Kier alpha value is -3.22. The number of aromatic nitrogens is 1. The molecule has 2 aromatic rings. The molecule has 1 N–H and O–H groups in total. The zero-order valence-corrected chi connectivity index (χ0v) is 13.7. The van der Waals surface area contributed by atoms with Gasteiger partial charge in [0.2, 0.25) is 0 Å². The lowest BCUT2D eigenvalue weighted by Gasteiger charge is -2.16. The van der Waals surface area contributed by atoms with E-state index in [2.05, 4.69) is 10.3 Å². The summed E-state index contributed by atoms with van der Waals surface area (Å²) in [5, 5.41) is 2.52. The molecular formula is C18H18N2O5. The summed E-state index contributed by atoms with van der Waals surface area (Å²) >= 11 is 0. The minimum atomic E-state index is -0.862. The first-order valence-corrected chi connectivity index (χ1v) is 7.58. The highest BCUT2D eigenvalue weighted by Crippen LogP contribution is 2.05. The van der Waals surface area contributed by atoms with E-state index >= 15 is 0 Å². The van der Waals surface area contributed by atoms with Crippen LogP contribution in [0.1, 0.15) is 15.9 Å². The molecule has 0 aliphatic carbocycles. The maximum absolute atomic E-state index is 12.0. The van der Waals surface area contributed by atoms with Crippen molar-refractivity contribution in [2.45, 2.75) is 12.5 Å². The standard InChI is InChI=1S/C18H18N2O5/c1-24-18(23)15(11-13-5-3-2-4-6-13)20-16(21)12-25-17(22)14-7-9-19-10-8-14/h2-10,15H,11-12H2,1H3,(H,20,21)/t15-/m0/s1. The number of rotatable bonds is 7. The highest BCUT2D eigenvalue weighted by molar-refractivity contribution is 5.92. The molecule has 1 heterocycles. The molecular weight excluding hydrogens is 324 g/mol. The van der Waals surface area contributed by atoms with Crippen LogP contribution in [0.25, 0.3) is 0 Å². The van der Waals surface area contributed by atoms with Crippen molar-refractivity contribution in [1.29, 1.82) is 0 Å². The number of esters is 2. The fourth-order valence-electron chi connectivity index (χ4n) is 2.12. The Labute approximate surface area is 145 Å². The van der Waals surface area contributed by atoms with Gasteiger partial charge in [-0.2, -0.15) is 0 Å². The van der Waals surface area contributed by atoms with E-state index in [1.807, 2.05) is 30.3 Å². The van der Waals surface area contributed by atoms with E-state index < -0.39 is 30.5 Å². The molecule has 0 aliphatic heterocycles. The third-order valence-electron chi connectivity index (χ3n) is 3.35. The van der Waals surface area contributed by atoms with Crippen molar-refractivity contribution >= 4 is 17.8 Å². The summed E-state index contributed by atoms with van der Waals surface area (Å²) in [7, 11) is 1.25.